The second-order valence-electron chi connectivity index (χ2n) is 4.45. The molecule has 1 aromatic heterocycles. The van der Waals surface area contributed by atoms with Crippen molar-refractivity contribution in [2.45, 2.75) is 6.42 Å². The number of aromatic amines is 1. The van der Waals surface area contributed by atoms with Crippen LogP contribution in [-0.4, -0.2) is 10.2 Å². The Labute approximate surface area is 110 Å². The van der Waals surface area contributed by atoms with Gasteiger partial charge < -0.3 is 0 Å². The molecule has 0 unspecified atom stereocenters. The standard InChI is InChI=1S/C16H13FN2/c17-14-8-4-7-13(10-14)16-11-15(18-19-16)9-12-5-2-1-3-6-12/h1-8,10-11H,9H2,(H,18,19). The fourth-order valence-corrected chi connectivity index (χ4v) is 2.06. The third-order valence-electron chi connectivity index (χ3n) is 2.99. The van der Waals surface area contributed by atoms with Crippen molar-refractivity contribution in [3.63, 3.8) is 0 Å². The molecular weight excluding hydrogens is 239 g/mol. The molecule has 1 heterocycles. The molecule has 0 radical (unpaired) electrons. The van der Waals surface area contributed by atoms with Gasteiger partial charge in [-0.1, -0.05) is 42.5 Å². The van der Waals surface area contributed by atoms with Crippen LogP contribution in [0.1, 0.15) is 11.3 Å². The van der Waals surface area contributed by atoms with Gasteiger partial charge in [-0.3, -0.25) is 5.10 Å². The SMILES string of the molecule is Fc1cccc(-c2cc(Cc3ccccc3)[nH]n2)c1. The van der Waals surface area contributed by atoms with Crippen molar-refractivity contribution in [2.75, 3.05) is 0 Å². The van der Waals surface area contributed by atoms with Crippen LogP contribution < -0.4 is 0 Å². The summed E-state index contributed by atoms with van der Waals surface area (Å²) in [5, 5.41) is 7.23. The molecule has 0 aliphatic carbocycles. The van der Waals surface area contributed by atoms with Crippen LogP contribution in [0.5, 0.6) is 0 Å². The number of halogens is 1. The van der Waals surface area contributed by atoms with Crippen LogP contribution in [0, 0.1) is 5.82 Å². The highest BCUT2D eigenvalue weighted by atomic mass is 19.1. The molecule has 0 aliphatic rings. The third kappa shape index (κ3) is 2.71. The van der Waals surface area contributed by atoms with Crippen LogP contribution in [0.25, 0.3) is 11.3 Å². The molecule has 2 nitrogen and oxygen atoms in total. The van der Waals surface area contributed by atoms with E-state index in [-0.39, 0.29) is 5.82 Å². The normalized spacial score (nSPS) is 10.6. The van der Waals surface area contributed by atoms with Gasteiger partial charge in [-0.05, 0) is 23.8 Å². The van der Waals surface area contributed by atoms with Gasteiger partial charge in [0.25, 0.3) is 0 Å². The zero-order chi connectivity index (χ0) is 13.1. The molecule has 1 N–H and O–H groups in total. The van der Waals surface area contributed by atoms with Crippen molar-refractivity contribution >= 4 is 0 Å². The molecule has 3 rings (SSSR count). The van der Waals surface area contributed by atoms with E-state index in [1.165, 1.54) is 17.7 Å². The van der Waals surface area contributed by atoms with Crippen molar-refractivity contribution in [2.24, 2.45) is 0 Å². The number of H-pyrrole nitrogens is 1. The molecule has 3 heteroatoms. The molecule has 94 valence electrons. The topological polar surface area (TPSA) is 28.7 Å². The predicted octanol–water partition coefficient (Wildman–Crippen LogP) is 3.81. The molecule has 0 fully saturated rings. The van der Waals surface area contributed by atoms with Gasteiger partial charge in [-0.15, -0.1) is 0 Å². The molecule has 0 amide bonds. The highest BCUT2D eigenvalue weighted by molar-refractivity contribution is 5.59. The van der Waals surface area contributed by atoms with Crippen LogP contribution in [0.3, 0.4) is 0 Å². The first-order chi connectivity index (χ1) is 9.31. The Morgan fingerprint density at radius 2 is 1.79 bits per heavy atom. The molecule has 0 saturated heterocycles. The molecular formula is C16H13FN2. The summed E-state index contributed by atoms with van der Waals surface area (Å²) in [4.78, 5) is 0. The minimum absolute atomic E-state index is 0.245. The Hall–Kier alpha value is -2.42. The van der Waals surface area contributed by atoms with Crippen LogP contribution in [0.15, 0.2) is 60.7 Å². The summed E-state index contributed by atoms with van der Waals surface area (Å²) in [7, 11) is 0. The maximum absolute atomic E-state index is 13.2. The van der Waals surface area contributed by atoms with Gasteiger partial charge in [0.05, 0.1) is 5.69 Å². The lowest BCUT2D eigenvalue weighted by molar-refractivity contribution is 0.628. The number of rotatable bonds is 3. The Bertz CT molecular complexity index is 674. The minimum atomic E-state index is -0.245. The van der Waals surface area contributed by atoms with E-state index < -0.39 is 0 Å². The number of nitrogens with zero attached hydrogens (tertiary/aromatic N) is 1. The summed E-state index contributed by atoms with van der Waals surface area (Å²) >= 11 is 0. The molecule has 0 saturated carbocycles. The van der Waals surface area contributed by atoms with E-state index in [0.29, 0.717) is 0 Å². The van der Waals surface area contributed by atoms with Crippen molar-refractivity contribution in [1.29, 1.82) is 0 Å². The Balaban J connectivity index is 1.84. The quantitative estimate of drug-likeness (QED) is 0.754. The van der Waals surface area contributed by atoms with Crippen LogP contribution in [0.2, 0.25) is 0 Å². The van der Waals surface area contributed by atoms with E-state index in [1.54, 1.807) is 6.07 Å². The van der Waals surface area contributed by atoms with Crippen molar-refractivity contribution in [3.05, 3.63) is 77.7 Å². The second-order valence-corrected chi connectivity index (χ2v) is 4.45. The summed E-state index contributed by atoms with van der Waals surface area (Å²) < 4.78 is 13.2. The van der Waals surface area contributed by atoms with Crippen LogP contribution in [0.4, 0.5) is 4.39 Å². The van der Waals surface area contributed by atoms with Crippen LogP contribution >= 0.6 is 0 Å². The predicted molar refractivity (Wildman–Crippen MR) is 73.2 cm³/mol. The van der Waals surface area contributed by atoms with Crippen molar-refractivity contribution in [1.82, 2.24) is 10.2 Å². The number of hydrogen-bond donors (Lipinski definition) is 1. The van der Waals surface area contributed by atoms with Gasteiger partial charge in [0.1, 0.15) is 5.82 Å². The number of aromatic nitrogens is 2. The smallest absolute Gasteiger partial charge is 0.123 e. The Kier molecular flexibility index (Phi) is 3.11. The monoisotopic (exact) mass is 252 g/mol. The molecule has 2 aromatic carbocycles. The van der Waals surface area contributed by atoms with E-state index >= 15 is 0 Å². The maximum atomic E-state index is 13.2. The average molecular weight is 252 g/mol. The lowest BCUT2D eigenvalue weighted by Crippen LogP contribution is -1.87. The first-order valence-electron chi connectivity index (χ1n) is 6.15. The zero-order valence-electron chi connectivity index (χ0n) is 10.3. The number of benzene rings is 2. The van der Waals surface area contributed by atoms with Crippen molar-refractivity contribution < 1.29 is 4.39 Å². The highest BCUT2D eigenvalue weighted by Gasteiger charge is 2.05. The van der Waals surface area contributed by atoms with Gasteiger partial charge in [-0.2, -0.15) is 5.10 Å². The summed E-state index contributed by atoms with van der Waals surface area (Å²) in [6.45, 7) is 0. The fourth-order valence-electron chi connectivity index (χ4n) is 2.06. The molecule has 0 bridgehead atoms. The molecule has 3 aromatic rings. The Morgan fingerprint density at radius 3 is 2.58 bits per heavy atom. The van der Waals surface area contributed by atoms with E-state index in [0.717, 1.165) is 23.4 Å². The molecule has 0 aliphatic heterocycles. The Morgan fingerprint density at radius 1 is 0.947 bits per heavy atom. The van der Waals surface area contributed by atoms with Gasteiger partial charge in [0.2, 0.25) is 0 Å². The lowest BCUT2D eigenvalue weighted by atomic mass is 10.1. The van der Waals surface area contributed by atoms with E-state index in [1.807, 2.05) is 30.3 Å². The molecule has 19 heavy (non-hydrogen) atoms. The minimum Gasteiger partial charge on any atom is -0.282 e. The zero-order valence-corrected chi connectivity index (χ0v) is 10.3. The molecule has 0 spiro atoms. The van der Waals surface area contributed by atoms with Gasteiger partial charge in [-0.25, -0.2) is 4.39 Å². The first-order valence-corrected chi connectivity index (χ1v) is 6.15. The lowest BCUT2D eigenvalue weighted by Gasteiger charge is -1.97. The highest BCUT2D eigenvalue weighted by Crippen LogP contribution is 2.19. The summed E-state index contributed by atoms with van der Waals surface area (Å²) in [6, 6.07) is 18.6. The maximum Gasteiger partial charge on any atom is 0.123 e. The molecule has 0 atom stereocenters. The summed E-state index contributed by atoms with van der Waals surface area (Å²) in [5.41, 5.74) is 3.79. The fraction of sp³-hybridized carbons (Fsp3) is 0.0625. The third-order valence-corrected chi connectivity index (χ3v) is 2.99. The van der Waals surface area contributed by atoms with Gasteiger partial charge in [0, 0.05) is 17.7 Å². The van der Waals surface area contributed by atoms with Gasteiger partial charge >= 0.3 is 0 Å². The summed E-state index contributed by atoms with van der Waals surface area (Å²) in [6.07, 6.45) is 0.795. The number of hydrogen-bond acceptors (Lipinski definition) is 1. The van der Waals surface area contributed by atoms with Crippen molar-refractivity contribution in [3.8, 4) is 11.3 Å². The average Bonchev–Trinajstić information content (AvgIpc) is 2.88. The van der Waals surface area contributed by atoms with Gasteiger partial charge in [0.15, 0.2) is 0 Å². The van der Waals surface area contributed by atoms with E-state index in [4.69, 9.17) is 0 Å². The summed E-state index contributed by atoms with van der Waals surface area (Å²) in [5.74, 6) is -0.245. The van der Waals surface area contributed by atoms with E-state index in [9.17, 15) is 4.39 Å². The number of nitrogens with one attached hydrogen (secondary N) is 1. The first kappa shape index (κ1) is 11.7. The largest absolute Gasteiger partial charge is 0.282 e. The van der Waals surface area contributed by atoms with Crippen LogP contribution in [-0.2, 0) is 6.42 Å². The van der Waals surface area contributed by atoms with E-state index in [2.05, 4.69) is 22.3 Å². The second kappa shape index (κ2) is 5.06.